The number of piperidine rings is 1. The topological polar surface area (TPSA) is 12.5 Å². The fraction of sp³-hybridized carbons (Fsp3) is 1.00. The average Bonchev–Trinajstić information content (AvgIpc) is 2.55. The van der Waals surface area contributed by atoms with E-state index in [-0.39, 0.29) is 11.2 Å². The van der Waals surface area contributed by atoms with Crippen molar-refractivity contribution in [2.45, 2.75) is 58.3 Å². The van der Waals surface area contributed by atoms with E-state index >= 15 is 0 Å². The standard InChI is InChI=1S/C13H25NO/c1-12(2,3)15-13(4,5)11-10-7-9(10)8-14(11)6/h9-11H,7-8H2,1-6H3/t9-,10-,11?/m0/s1. The summed E-state index contributed by atoms with van der Waals surface area (Å²) in [6.07, 6.45) is 1.42. The van der Waals surface area contributed by atoms with Gasteiger partial charge in [0.25, 0.3) is 0 Å². The van der Waals surface area contributed by atoms with E-state index in [4.69, 9.17) is 4.74 Å². The molecule has 1 saturated carbocycles. The van der Waals surface area contributed by atoms with Crippen molar-refractivity contribution in [3.63, 3.8) is 0 Å². The maximum absolute atomic E-state index is 6.23. The van der Waals surface area contributed by atoms with Gasteiger partial charge >= 0.3 is 0 Å². The zero-order chi connectivity index (χ0) is 11.4. The van der Waals surface area contributed by atoms with Crippen LogP contribution in [0, 0.1) is 11.8 Å². The summed E-state index contributed by atoms with van der Waals surface area (Å²) in [5.74, 6) is 1.86. The third kappa shape index (κ3) is 2.21. The van der Waals surface area contributed by atoms with Gasteiger partial charge in [-0.3, -0.25) is 4.90 Å². The highest BCUT2D eigenvalue weighted by molar-refractivity contribution is 5.09. The van der Waals surface area contributed by atoms with Crippen LogP contribution in [0.25, 0.3) is 0 Å². The quantitative estimate of drug-likeness (QED) is 0.696. The van der Waals surface area contributed by atoms with E-state index in [0.717, 1.165) is 11.8 Å². The molecule has 2 nitrogen and oxygen atoms in total. The van der Waals surface area contributed by atoms with Crippen LogP contribution in [0.15, 0.2) is 0 Å². The van der Waals surface area contributed by atoms with Gasteiger partial charge in [-0.05, 0) is 59.9 Å². The van der Waals surface area contributed by atoms with Crippen LogP contribution in [0.1, 0.15) is 41.0 Å². The smallest absolute Gasteiger partial charge is 0.0790 e. The largest absolute Gasteiger partial charge is 0.368 e. The van der Waals surface area contributed by atoms with Crippen LogP contribution in [0.4, 0.5) is 0 Å². The van der Waals surface area contributed by atoms with Gasteiger partial charge in [0.15, 0.2) is 0 Å². The molecule has 2 fully saturated rings. The summed E-state index contributed by atoms with van der Waals surface area (Å²) in [5.41, 5.74) is -0.0692. The van der Waals surface area contributed by atoms with Crippen LogP contribution in [0.5, 0.6) is 0 Å². The summed E-state index contributed by atoms with van der Waals surface area (Å²) in [6.45, 7) is 12.2. The summed E-state index contributed by atoms with van der Waals surface area (Å²) < 4.78 is 6.23. The number of likely N-dealkylation sites (tertiary alicyclic amines) is 1. The Labute approximate surface area is 94.0 Å². The summed E-state index contributed by atoms with van der Waals surface area (Å²) in [4.78, 5) is 2.49. The second-order valence-corrected chi connectivity index (χ2v) is 6.86. The van der Waals surface area contributed by atoms with Gasteiger partial charge in [0.05, 0.1) is 11.2 Å². The highest BCUT2D eigenvalue weighted by Gasteiger charge is 2.57. The Hall–Kier alpha value is -0.0800. The monoisotopic (exact) mass is 211 g/mol. The lowest BCUT2D eigenvalue weighted by Crippen LogP contribution is -2.51. The molecule has 0 radical (unpaired) electrons. The Bertz CT molecular complexity index is 252. The molecule has 2 heteroatoms. The minimum Gasteiger partial charge on any atom is -0.368 e. The van der Waals surface area contributed by atoms with Crippen LogP contribution in [-0.4, -0.2) is 35.7 Å². The van der Waals surface area contributed by atoms with Crippen LogP contribution < -0.4 is 0 Å². The molecular weight excluding hydrogens is 186 g/mol. The Morgan fingerprint density at radius 1 is 1.13 bits per heavy atom. The van der Waals surface area contributed by atoms with Gasteiger partial charge in [-0.25, -0.2) is 0 Å². The van der Waals surface area contributed by atoms with Crippen LogP contribution in [0.2, 0.25) is 0 Å². The van der Waals surface area contributed by atoms with Gasteiger partial charge < -0.3 is 4.74 Å². The molecular formula is C13H25NO. The van der Waals surface area contributed by atoms with Gasteiger partial charge in [0, 0.05) is 12.6 Å². The Balaban J connectivity index is 2.07. The molecule has 1 saturated heterocycles. The van der Waals surface area contributed by atoms with Crippen LogP contribution in [-0.2, 0) is 4.74 Å². The fourth-order valence-electron chi connectivity index (χ4n) is 3.57. The van der Waals surface area contributed by atoms with Crippen molar-refractivity contribution in [2.24, 2.45) is 11.8 Å². The van der Waals surface area contributed by atoms with Gasteiger partial charge in [-0.15, -0.1) is 0 Å². The first-order valence-corrected chi connectivity index (χ1v) is 6.11. The molecule has 2 aliphatic rings. The number of ether oxygens (including phenoxy) is 1. The van der Waals surface area contributed by atoms with Gasteiger partial charge in [-0.2, -0.15) is 0 Å². The van der Waals surface area contributed by atoms with E-state index in [1.807, 2.05) is 0 Å². The predicted octanol–water partition coefficient (Wildman–Crippen LogP) is 2.53. The number of hydrogen-bond acceptors (Lipinski definition) is 2. The first-order chi connectivity index (χ1) is 6.71. The average molecular weight is 211 g/mol. The second kappa shape index (κ2) is 3.21. The van der Waals surface area contributed by atoms with Gasteiger partial charge in [0.2, 0.25) is 0 Å². The van der Waals surface area contributed by atoms with E-state index < -0.39 is 0 Å². The van der Waals surface area contributed by atoms with Crippen molar-refractivity contribution in [1.82, 2.24) is 4.90 Å². The normalized spacial score (nSPS) is 36.8. The maximum atomic E-state index is 6.23. The lowest BCUT2D eigenvalue weighted by molar-refractivity contribution is -0.145. The third-order valence-electron chi connectivity index (χ3n) is 3.66. The van der Waals surface area contributed by atoms with Crippen molar-refractivity contribution >= 4 is 0 Å². The highest BCUT2D eigenvalue weighted by Crippen LogP contribution is 2.53. The molecule has 0 aromatic heterocycles. The zero-order valence-corrected chi connectivity index (χ0v) is 11.0. The van der Waals surface area contributed by atoms with Gasteiger partial charge in [0.1, 0.15) is 0 Å². The summed E-state index contributed by atoms with van der Waals surface area (Å²) in [6, 6.07) is 0.613. The third-order valence-corrected chi connectivity index (χ3v) is 3.66. The maximum Gasteiger partial charge on any atom is 0.0790 e. The molecule has 3 atom stereocenters. The van der Waals surface area contributed by atoms with Crippen molar-refractivity contribution < 1.29 is 4.74 Å². The molecule has 88 valence electrons. The van der Waals surface area contributed by atoms with Crippen molar-refractivity contribution in [1.29, 1.82) is 0 Å². The summed E-state index contributed by atoms with van der Waals surface area (Å²) >= 11 is 0. The lowest BCUT2D eigenvalue weighted by atomic mass is 9.93. The minimum atomic E-state index is -0.0443. The molecule has 15 heavy (non-hydrogen) atoms. The van der Waals surface area contributed by atoms with E-state index in [1.54, 1.807) is 0 Å². The van der Waals surface area contributed by atoms with Crippen molar-refractivity contribution in [2.75, 3.05) is 13.6 Å². The molecule has 0 aromatic rings. The molecule has 0 amide bonds. The summed E-state index contributed by atoms with van der Waals surface area (Å²) in [5, 5.41) is 0. The molecule has 1 aliphatic carbocycles. The molecule has 0 N–H and O–H groups in total. The molecule has 0 bridgehead atoms. The highest BCUT2D eigenvalue weighted by atomic mass is 16.5. The fourth-order valence-corrected chi connectivity index (χ4v) is 3.57. The van der Waals surface area contributed by atoms with Gasteiger partial charge in [-0.1, -0.05) is 0 Å². The number of hydrogen-bond donors (Lipinski definition) is 0. The second-order valence-electron chi connectivity index (χ2n) is 6.86. The Kier molecular flexibility index (Phi) is 2.44. The van der Waals surface area contributed by atoms with Crippen molar-refractivity contribution in [3.05, 3.63) is 0 Å². The first-order valence-electron chi connectivity index (χ1n) is 6.11. The number of fused-ring (bicyclic) bond motifs is 1. The summed E-state index contributed by atoms with van der Waals surface area (Å²) in [7, 11) is 2.24. The van der Waals surface area contributed by atoms with E-state index in [1.165, 1.54) is 13.0 Å². The predicted molar refractivity (Wildman–Crippen MR) is 62.9 cm³/mol. The zero-order valence-electron chi connectivity index (χ0n) is 11.0. The number of rotatable bonds is 2. The van der Waals surface area contributed by atoms with Crippen molar-refractivity contribution in [3.8, 4) is 0 Å². The van der Waals surface area contributed by atoms with Crippen LogP contribution in [0.3, 0.4) is 0 Å². The molecule has 1 aliphatic heterocycles. The van der Waals surface area contributed by atoms with E-state index in [2.05, 4.69) is 46.6 Å². The number of nitrogens with zero attached hydrogens (tertiary/aromatic N) is 1. The molecule has 0 aromatic carbocycles. The molecule has 0 spiro atoms. The molecule has 1 heterocycles. The minimum absolute atomic E-state index is 0.0249. The lowest BCUT2D eigenvalue weighted by Gasteiger charge is -2.42. The van der Waals surface area contributed by atoms with Crippen LogP contribution >= 0.6 is 0 Å². The molecule has 1 unspecified atom stereocenters. The SMILES string of the molecule is CN1C[C@@H]2C[C@@H]2C1C(C)(C)OC(C)(C)C. The Morgan fingerprint density at radius 2 is 1.73 bits per heavy atom. The Morgan fingerprint density at radius 3 is 2.13 bits per heavy atom. The van der Waals surface area contributed by atoms with E-state index in [0.29, 0.717) is 6.04 Å². The first kappa shape index (κ1) is 11.4. The molecule has 2 rings (SSSR count). The number of likely N-dealkylation sites (N-methyl/N-ethyl adjacent to an activating group) is 1. The van der Waals surface area contributed by atoms with E-state index in [9.17, 15) is 0 Å².